The fourth-order valence-electron chi connectivity index (χ4n) is 3.30. The molecule has 1 N–H and O–H groups in total. The summed E-state index contributed by atoms with van der Waals surface area (Å²) in [6.45, 7) is 1.37. The molecule has 4 nitrogen and oxygen atoms in total. The minimum Gasteiger partial charge on any atom is -0.352 e. The molecule has 0 saturated heterocycles. The molecule has 126 valence electrons. The second-order valence-electron chi connectivity index (χ2n) is 6.63. The molecule has 2 aromatic carbocycles. The average molecular weight is 331 g/mol. The van der Waals surface area contributed by atoms with Crippen LogP contribution in [-0.4, -0.2) is 15.5 Å². The van der Waals surface area contributed by atoms with Crippen molar-refractivity contribution in [3.63, 3.8) is 0 Å². The number of benzene rings is 2. The van der Waals surface area contributed by atoms with Crippen LogP contribution in [0.25, 0.3) is 0 Å². The SMILES string of the molecule is O=C(NCc1cccc(Cn2ccnc2)c1)[C@@H]1C[C@H]1c1ccccc1. The van der Waals surface area contributed by atoms with E-state index in [-0.39, 0.29) is 11.8 Å². The number of carbonyl (C=O) groups is 1. The van der Waals surface area contributed by atoms with Gasteiger partial charge < -0.3 is 9.88 Å². The average Bonchev–Trinajstić information content (AvgIpc) is 3.30. The molecule has 0 unspecified atom stereocenters. The van der Waals surface area contributed by atoms with Crippen LogP contribution < -0.4 is 5.32 Å². The molecule has 1 heterocycles. The molecule has 0 aliphatic heterocycles. The van der Waals surface area contributed by atoms with E-state index in [0.29, 0.717) is 12.5 Å². The van der Waals surface area contributed by atoms with Gasteiger partial charge in [-0.25, -0.2) is 4.98 Å². The van der Waals surface area contributed by atoms with Crippen molar-refractivity contribution in [1.82, 2.24) is 14.9 Å². The Morgan fingerprint density at radius 3 is 2.76 bits per heavy atom. The maximum Gasteiger partial charge on any atom is 0.224 e. The normalized spacial score (nSPS) is 18.7. The van der Waals surface area contributed by atoms with Crippen molar-refractivity contribution in [2.75, 3.05) is 0 Å². The zero-order chi connectivity index (χ0) is 17.1. The smallest absolute Gasteiger partial charge is 0.224 e. The van der Waals surface area contributed by atoms with Gasteiger partial charge in [0.2, 0.25) is 5.91 Å². The van der Waals surface area contributed by atoms with Crippen molar-refractivity contribution in [2.45, 2.75) is 25.4 Å². The molecule has 1 aliphatic rings. The second-order valence-corrected chi connectivity index (χ2v) is 6.63. The minimum absolute atomic E-state index is 0.122. The largest absolute Gasteiger partial charge is 0.352 e. The first-order valence-corrected chi connectivity index (χ1v) is 8.66. The molecule has 1 amide bonds. The van der Waals surface area contributed by atoms with E-state index in [1.54, 1.807) is 6.20 Å². The molecular weight excluding hydrogens is 310 g/mol. The lowest BCUT2D eigenvalue weighted by molar-refractivity contribution is -0.122. The van der Waals surface area contributed by atoms with Gasteiger partial charge in [0.1, 0.15) is 0 Å². The predicted molar refractivity (Wildman–Crippen MR) is 96.9 cm³/mol. The number of nitrogens with zero attached hydrogens (tertiary/aromatic N) is 2. The van der Waals surface area contributed by atoms with Gasteiger partial charge >= 0.3 is 0 Å². The zero-order valence-corrected chi connectivity index (χ0v) is 14.0. The van der Waals surface area contributed by atoms with Crippen LogP contribution in [0.15, 0.2) is 73.3 Å². The zero-order valence-electron chi connectivity index (χ0n) is 14.0. The molecule has 3 aromatic rings. The van der Waals surface area contributed by atoms with E-state index in [4.69, 9.17) is 0 Å². The number of aromatic nitrogens is 2. The molecule has 1 aromatic heterocycles. The van der Waals surface area contributed by atoms with Gasteiger partial charge in [-0.3, -0.25) is 4.79 Å². The van der Waals surface area contributed by atoms with Crippen molar-refractivity contribution in [3.8, 4) is 0 Å². The molecule has 0 bridgehead atoms. The third kappa shape index (κ3) is 3.79. The number of imidazole rings is 1. The lowest BCUT2D eigenvalue weighted by Crippen LogP contribution is -2.24. The highest BCUT2D eigenvalue weighted by atomic mass is 16.2. The van der Waals surface area contributed by atoms with Gasteiger partial charge in [0, 0.05) is 31.4 Å². The monoisotopic (exact) mass is 331 g/mol. The Hall–Kier alpha value is -2.88. The van der Waals surface area contributed by atoms with Gasteiger partial charge in [-0.1, -0.05) is 54.6 Å². The van der Waals surface area contributed by atoms with Gasteiger partial charge in [-0.2, -0.15) is 0 Å². The van der Waals surface area contributed by atoms with Gasteiger partial charge in [0.15, 0.2) is 0 Å². The van der Waals surface area contributed by atoms with Crippen molar-refractivity contribution in [2.24, 2.45) is 5.92 Å². The van der Waals surface area contributed by atoms with Crippen LogP contribution in [0.4, 0.5) is 0 Å². The molecule has 4 rings (SSSR count). The van der Waals surface area contributed by atoms with Crippen LogP contribution >= 0.6 is 0 Å². The fraction of sp³-hybridized carbons (Fsp3) is 0.238. The molecule has 1 saturated carbocycles. The van der Waals surface area contributed by atoms with Gasteiger partial charge in [-0.05, 0) is 29.0 Å². The Kier molecular flexibility index (Phi) is 4.34. The molecule has 0 spiro atoms. The Balaban J connectivity index is 1.32. The van der Waals surface area contributed by atoms with Crippen molar-refractivity contribution in [3.05, 3.63) is 90.0 Å². The fourth-order valence-corrected chi connectivity index (χ4v) is 3.30. The quantitative estimate of drug-likeness (QED) is 0.753. The Morgan fingerprint density at radius 1 is 1.12 bits per heavy atom. The number of amides is 1. The summed E-state index contributed by atoms with van der Waals surface area (Å²) in [5.41, 5.74) is 3.60. The number of hydrogen-bond donors (Lipinski definition) is 1. The van der Waals surface area contributed by atoms with Crippen LogP contribution in [0, 0.1) is 5.92 Å². The molecule has 4 heteroatoms. The van der Waals surface area contributed by atoms with E-state index in [2.05, 4.69) is 40.6 Å². The van der Waals surface area contributed by atoms with Gasteiger partial charge in [0.25, 0.3) is 0 Å². The van der Waals surface area contributed by atoms with E-state index >= 15 is 0 Å². The molecule has 1 aliphatic carbocycles. The van der Waals surface area contributed by atoms with E-state index in [0.717, 1.165) is 18.5 Å². The lowest BCUT2D eigenvalue weighted by atomic mass is 10.1. The third-order valence-electron chi connectivity index (χ3n) is 4.74. The number of carbonyl (C=O) groups excluding carboxylic acids is 1. The highest BCUT2D eigenvalue weighted by molar-refractivity contribution is 5.82. The van der Waals surface area contributed by atoms with E-state index in [1.807, 2.05) is 41.4 Å². The number of nitrogens with one attached hydrogen (secondary N) is 1. The summed E-state index contributed by atoms with van der Waals surface area (Å²) in [6.07, 6.45) is 6.50. The summed E-state index contributed by atoms with van der Waals surface area (Å²) in [6, 6.07) is 18.6. The first-order valence-electron chi connectivity index (χ1n) is 8.66. The van der Waals surface area contributed by atoms with Gasteiger partial charge in [-0.15, -0.1) is 0 Å². The second kappa shape index (κ2) is 6.93. The predicted octanol–water partition coefficient (Wildman–Crippen LogP) is 3.35. The third-order valence-corrected chi connectivity index (χ3v) is 4.74. The van der Waals surface area contributed by atoms with Crippen LogP contribution in [0.1, 0.15) is 29.0 Å². The maximum atomic E-state index is 12.4. The Morgan fingerprint density at radius 2 is 1.96 bits per heavy atom. The first kappa shape index (κ1) is 15.6. The number of rotatable bonds is 6. The Labute approximate surface area is 147 Å². The molecule has 0 radical (unpaired) electrons. The Bertz CT molecular complexity index is 843. The van der Waals surface area contributed by atoms with E-state index < -0.39 is 0 Å². The van der Waals surface area contributed by atoms with Crippen molar-refractivity contribution < 1.29 is 4.79 Å². The first-order chi connectivity index (χ1) is 12.3. The minimum atomic E-state index is 0.122. The molecular formula is C21H21N3O. The molecule has 2 atom stereocenters. The van der Waals surface area contributed by atoms with Crippen molar-refractivity contribution >= 4 is 5.91 Å². The maximum absolute atomic E-state index is 12.4. The topological polar surface area (TPSA) is 46.9 Å². The summed E-state index contributed by atoms with van der Waals surface area (Å²) in [5, 5.41) is 3.09. The standard InChI is InChI=1S/C21H21N3O/c25-21(20-12-19(20)18-7-2-1-3-8-18)23-13-16-5-4-6-17(11-16)14-24-10-9-22-15-24/h1-11,15,19-20H,12-14H2,(H,23,25)/t19-,20+/m0/s1. The summed E-state index contributed by atoms with van der Waals surface area (Å²) in [4.78, 5) is 16.4. The van der Waals surface area contributed by atoms with Crippen LogP contribution in [0.5, 0.6) is 0 Å². The van der Waals surface area contributed by atoms with Crippen LogP contribution in [0.2, 0.25) is 0 Å². The molecule has 1 fully saturated rings. The summed E-state index contributed by atoms with van der Waals surface area (Å²) < 4.78 is 2.03. The van der Waals surface area contributed by atoms with Crippen LogP contribution in [0.3, 0.4) is 0 Å². The van der Waals surface area contributed by atoms with Crippen molar-refractivity contribution in [1.29, 1.82) is 0 Å². The van der Waals surface area contributed by atoms with E-state index in [1.165, 1.54) is 11.1 Å². The van der Waals surface area contributed by atoms with Crippen LogP contribution in [-0.2, 0) is 17.9 Å². The highest BCUT2D eigenvalue weighted by Crippen LogP contribution is 2.47. The van der Waals surface area contributed by atoms with E-state index in [9.17, 15) is 4.79 Å². The highest BCUT2D eigenvalue weighted by Gasteiger charge is 2.43. The summed E-state index contributed by atoms with van der Waals surface area (Å²) >= 11 is 0. The van der Waals surface area contributed by atoms with Gasteiger partial charge in [0.05, 0.1) is 6.33 Å². The number of hydrogen-bond acceptors (Lipinski definition) is 2. The molecule has 25 heavy (non-hydrogen) atoms. The summed E-state index contributed by atoms with van der Waals surface area (Å²) in [7, 11) is 0. The summed E-state index contributed by atoms with van der Waals surface area (Å²) in [5.74, 6) is 0.666. The lowest BCUT2D eigenvalue weighted by Gasteiger charge is -2.08.